The molecule has 0 bridgehead atoms. The Hall–Kier alpha value is -3.58. The molecule has 2 N–H and O–H groups in total. The van der Waals surface area contributed by atoms with Crippen molar-refractivity contribution in [3.8, 4) is 0 Å². The highest BCUT2D eigenvalue weighted by Gasteiger charge is 2.46. The molecule has 1 saturated heterocycles. The summed E-state index contributed by atoms with van der Waals surface area (Å²) in [6.45, 7) is 6.57. The normalized spacial score (nSPS) is 20.1. The Morgan fingerprint density at radius 3 is 2.00 bits per heavy atom. The molecule has 0 amide bonds. The Labute approximate surface area is 225 Å². The number of nitrogens with zero attached hydrogens (tertiary/aromatic N) is 1. The molecular weight excluding hydrogens is 477 g/mol. The van der Waals surface area contributed by atoms with Crippen LogP contribution in [0.5, 0.6) is 0 Å². The van der Waals surface area contributed by atoms with Crippen molar-refractivity contribution in [2.75, 3.05) is 26.8 Å². The number of rotatable bonds is 12. The van der Waals surface area contributed by atoms with Gasteiger partial charge in [0, 0.05) is 25.1 Å². The van der Waals surface area contributed by atoms with Crippen molar-refractivity contribution in [1.29, 1.82) is 0 Å². The van der Waals surface area contributed by atoms with Crippen molar-refractivity contribution in [3.63, 3.8) is 0 Å². The summed E-state index contributed by atoms with van der Waals surface area (Å²) in [6, 6.07) is 30.9. The zero-order valence-electron chi connectivity index (χ0n) is 22.1. The predicted octanol–water partition coefficient (Wildman–Crippen LogP) is 5.95. The Morgan fingerprint density at radius 2 is 1.55 bits per heavy atom. The summed E-state index contributed by atoms with van der Waals surface area (Å²) in [7, 11) is 1.67. The topological polar surface area (TPSA) is 54.9 Å². The maximum absolute atomic E-state index is 14.6. The first-order valence-electron chi connectivity index (χ1n) is 12.9. The summed E-state index contributed by atoms with van der Waals surface area (Å²) < 4.78 is 27.9. The monoisotopic (exact) mass is 513 g/mol. The molecule has 2 atom stereocenters. The molecular formula is C32H36FN3O2. The van der Waals surface area contributed by atoms with Gasteiger partial charge in [0.1, 0.15) is 17.0 Å². The quantitative estimate of drug-likeness (QED) is 0.0785. The first-order chi connectivity index (χ1) is 18.6. The molecule has 6 heteroatoms. The van der Waals surface area contributed by atoms with Crippen LogP contribution in [0.2, 0.25) is 0 Å². The van der Waals surface area contributed by atoms with Gasteiger partial charge in [0.2, 0.25) is 0 Å². The van der Waals surface area contributed by atoms with Crippen LogP contribution in [0.15, 0.2) is 120 Å². The number of halogens is 1. The second-order valence-corrected chi connectivity index (χ2v) is 9.46. The fraction of sp³-hybridized carbons (Fsp3) is 0.281. The standard InChI is InChI=1S/C32H36FN3O2/c1-4-30(25(2)33)31(23-35-36-24-34-3)20-26(21-37-31)22-38-32(27-14-8-5-9-15-27,28-16-10-6-11-17-28)29-18-12-7-13-19-29/h4-19,24,26,35H,2,20-23H2,1,3H3,(H,34,36). The maximum atomic E-state index is 14.6. The van der Waals surface area contributed by atoms with Crippen molar-refractivity contribution in [3.05, 3.63) is 132 Å². The lowest BCUT2D eigenvalue weighted by atomic mass is 9.80. The van der Waals surface area contributed by atoms with E-state index in [4.69, 9.17) is 9.47 Å². The number of allylic oxidation sites excluding steroid dienone is 1. The van der Waals surface area contributed by atoms with E-state index in [1.165, 1.54) is 6.34 Å². The minimum atomic E-state index is -0.877. The summed E-state index contributed by atoms with van der Waals surface area (Å²) >= 11 is 0. The van der Waals surface area contributed by atoms with Crippen LogP contribution in [0.3, 0.4) is 0 Å². The first kappa shape index (κ1) is 27.5. The minimum Gasteiger partial charge on any atom is -0.368 e. The fourth-order valence-corrected chi connectivity index (χ4v) is 5.36. The molecule has 0 spiro atoms. The molecule has 3 aromatic carbocycles. The molecule has 38 heavy (non-hydrogen) atoms. The highest BCUT2D eigenvalue weighted by Crippen LogP contribution is 2.43. The molecule has 0 aliphatic carbocycles. The van der Waals surface area contributed by atoms with Gasteiger partial charge in [-0.2, -0.15) is 0 Å². The molecule has 1 aliphatic rings. The summed E-state index contributed by atoms with van der Waals surface area (Å²) in [5.74, 6) is -0.464. The molecule has 0 radical (unpaired) electrons. The van der Waals surface area contributed by atoms with Crippen molar-refractivity contribution in [1.82, 2.24) is 10.9 Å². The van der Waals surface area contributed by atoms with Crippen LogP contribution < -0.4 is 10.9 Å². The molecule has 1 aliphatic heterocycles. The summed E-state index contributed by atoms with van der Waals surface area (Å²) in [6.07, 6.45) is 3.85. The van der Waals surface area contributed by atoms with Crippen LogP contribution >= 0.6 is 0 Å². The molecule has 1 fully saturated rings. The van der Waals surface area contributed by atoms with E-state index in [0.717, 1.165) is 16.7 Å². The van der Waals surface area contributed by atoms with Gasteiger partial charge in [-0.3, -0.25) is 4.99 Å². The lowest BCUT2D eigenvalue weighted by Crippen LogP contribution is -2.47. The SMILES string of the molecule is C=C(F)C(=CC)C1(CNNC=NC)CC(COC(c2ccccc2)(c2ccccc2)c2ccccc2)CO1. The molecule has 0 saturated carbocycles. The molecule has 0 aromatic heterocycles. The van der Waals surface area contributed by atoms with Gasteiger partial charge in [0.15, 0.2) is 0 Å². The van der Waals surface area contributed by atoms with E-state index in [1.54, 1.807) is 20.0 Å². The smallest absolute Gasteiger partial charge is 0.143 e. The van der Waals surface area contributed by atoms with E-state index in [9.17, 15) is 4.39 Å². The lowest BCUT2D eigenvalue weighted by molar-refractivity contribution is -0.0116. The molecule has 1 heterocycles. The van der Waals surface area contributed by atoms with Crippen LogP contribution in [-0.4, -0.2) is 38.7 Å². The molecule has 4 rings (SSSR count). The number of aliphatic imine (C=N–C) groups is 1. The third kappa shape index (κ3) is 5.78. The minimum absolute atomic E-state index is 0.0291. The number of hydrogen-bond donors (Lipinski definition) is 2. The van der Waals surface area contributed by atoms with Crippen LogP contribution in [0.1, 0.15) is 30.0 Å². The number of ether oxygens (including phenoxy) is 2. The Morgan fingerprint density at radius 1 is 1.03 bits per heavy atom. The van der Waals surface area contributed by atoms with E-state index in [1.807, 2.05) is 54.6 Å². The predicted molar refractivity (Wildman–Crippen MR) is 152 cm³/mol. The van der Waals surface area contributed by atoms with E-state index in [0.29, 0.717) is 31.8 Å². The van der Waals surface area contributed by atoms with Gasteiger partial charge >= 0.3 is 0 Å². The second kappa shape index (κ2) is 12.8. The molecule has 198 valence electrons. The van der Waals surface area contributed by atoms with Gasteiger partial charge in [-0.05, 0) is 30.0 Å². The van der Waals surface area contributed by atoms with Crippen molar-refractivity contribution < 1.29 is 13.9 Å². The van der Waals surface area contributed by atoms with Crippen molar-refractivity contribution >= 4 is 6.34 Å². The molecule has 5 nitrogen and oxygen atoms in total. The lowest BCUT2D eigenvalue weighted by Gasteiger charge is -2.37. The number of nitrogens with one attached hydrogen (secondary N) is 2. The largest absolute Gasteiger partial charge is 0.368 e. The van der Waals surface area contributed by atoms with Crippen LogP contribution in [0.25, 0.3) is 0 Å². The highest BCUT2D eigenvalue weighted by atomic mass is 19.1. The Kier molecular flexibility index (Phi) is 9.24. The summed E-state index contributed by atoms with van der Waals surface area (Å²) in [5, 5.41) is 0. The van der Waals surface area contributed by atoms with Crippen LogP contribution in [0, 0.1) is 5.92 Å². The van der Waals surface area contributed by atoms with Crippen molar-refractivity contribution in [2.24, 2.45) is 10.9 Å². The molecule has 3 aromatic rings. The average Bonchev–Trinajstić information content (AvgIpc) is 3.37. The zero-order valence-corrected chi connectivity index (χ0v) is 22.1. The van der Waals surface area contributed by atoms with E-state index in [-0.39, 0.29) is 5.92 Å². The van der Waals surface area contributed by atoms with Gasteiger partial charge in [0.25, 0.3) is 0 Å². The van der Waals surface area contributed by atoms with E-state index in [2.05, 4.69) is 58.8 Å². The van der Waals surface area contributed by atoms with Gasteiger partial charge in [-0.15, -0.1) is 0 Å². The van der Waals surface area contributed by atoms with Crippen LogP contribution in [-0.2, 0) is 15.1 Å². The van der Waals surface area contributed by atoms with Gasteiger partial charge in [0.05, 0.1) is 19.6 Å². The fourth-order valence-electron chi connectivity index (χ4n) is 5.36. The van der Waals surface area contributed by atoms with Crippen LogP contribution in [0.4, 0.5) is 4.39 Å². The van der Waals surface area contributed by atoms with E-state index >= 15 is 0 Å². The zero-order chi connectivity index (χ0) is 26.8. The Balaban J connectivity index is 1.67. The summed E-state index contributed by atoms with van der Waals surface area (Å²) in [5.41, 5.74) is 7.88. The number of benzene rings is 3. The maximum Gasteiger partial charge on any atom is 0.143 e. The second-order valence-electron chi connectivity index (χ2n) is 9.46. The highest BCUT2D eigenvalue weighted by molar-refractivity contribution is 5.53. The Bertz CT molecular complexity index is 1130. The number of hydrazine groups is 1. The van der Waals surface area contributed by atoms with Gasteiger partial charge in [-0.1, -0.05) is 104 Å². The third-order valence-electron chi connectivity index (χ3n) is 7.03. The third-order valence-corrected chi connectivity index (χ3v) is 7.03. The van der Waals surface area contributed by atoms with Gasteiger partial charge < -0.3 is 14.9 Å². The number of hydrogen-bond acceptors (Lipinski definition) is 4. The van der Waals surface area contributed by atoms with Gasteiger partial charge in [-0.25, -0.2) is 9.82 Å². The summed E-state index contributed by atoms with van der Waals surface area (Å²) in [4.78, 5) is 3.91. The molecule has 2 unspecified atom stereocenters. The van der Waals surface area contributed by atoms with Crippen molar-refractivity contribution in [2.45, 2.75) is 24.5 Å². The van der Waals surface area contributed by atoms with E-state index < -0.39 is 17.0 Å². The average molecular weight is 514 g/mol. The first-order valence-corrected chi connectivity index (χ1v) is 12.9.